The number of anilines is 2. The fourth-order valence-corrected chi connectivity index (χ4v) is 2.75. The highest BCUT2D eigenvalue weighted by molar-refractivity contribution is 6.32. The van der Waals surface area contributed by atoms with E-state index in [2.05, 4.69) is 35.4 Å². The molecule has 25 heavy (non-hydrogen) atoms. The molecular formula is C20H24ClN3O. The van der Waals surface area contributed by atoms with Gasteiger partial charge in [-0.15, -0.1) is 0 Å². The van der Waals surface area contributed by atoms with Gasteiger partial charge in [0.1, 0.15) is 0 Å². The molecule has 0 unspecified atom stereocenters. The van der Waals surface area contributed by atoms with E-state index in [4.69, 9.17) is 11.6 Å². The minimum atomic E-state index is -0.290. The molecule has 0 heterocycles. The summed E-state index contributed by atoms with van der Waals surface area (Å²) in [6.07, 6.45) is 3.34. The molecule has 0 spiro atoms. The van der Waals surface area contributed by atoms with Crippen LogP contribution in [0.5, 0.6) is 0 Å². The van der Waals surface area contributed by atoms with E-state index in [1.54, 1.807) is 12.3 Å². The van der Waals surface area contributed by atoms with Crippen molar-refractivity contribution < 1.29 is 4.79 Å². The van der Waals surface area contributed by atoms with Crippen molar-refractivity contribution in [2.24, 2.45) is 0 Å². The van der Waals surface area contributed by atoms with E-state index in [1.807, 2.05) is 43.3 Å². The van der Waals surface area contributed by atoms with E-state index in [1.165, 1.54) is 0 Å². The van der Waals surface area contributed by atoms with Crippen LogP contribution in [-0.4, -0.2) is 19.1 Å². The van der Waals surface area contributed by atoms with Gasteiger partial charge in [-0.05, 0) is 62.2 Å². The van der Waals surface area contributed by atoms with Gasteiger partial charge >= 0.3 is 6.03 Å². The Morgan fingerprint density at radius 1 is 1.16 bits per heavy atom. The van der Waals surface area contributed by atoms with Crippen LogP contribution < -0.4 is 15.5 Å². The third-order valence-electron chi connectivity index (χ3n) is 3.97. The number of rotatable bonds is 6. The van der Waals surface area contributed by atoms with Crippen LogP contribution in [-0.2, 0) is 0 Å². The van der Waals surface area contributed by atoms with Crippen LogP contribution in [0.1, 0.15) is 25.0 Å². The van der Waals surface area contributed by atoms with Crippen LogP contribution in [0.4, 0.5) is 16.2 Å². The molecule has 2 rings (SSSR count). The van der Waals surface area contributed by atoms with Crippen LogP contribution in [0.2, 0.25) is 5.02 Å². The van der Waals surface area contributed by atoms with Gasteiger partial charge in [0.15, 0.2) is 0 Å². The lowest BCUT2D eigenvalue weighted by Crippen LogP contribution is -2.25. The van der Waals surface area contributed by atoms with Crippen LogP contribution in [0.25, 0.3) is 6.08 Å². The van der Waals surface area contributed by atoms with Gasteiger partial charge in [0, 0.05) is 35.7 Å². The number of aryl methyl sites for hydroxylation is 1. The second-order valence-electron chi connectivity index (χ2n) is 5.62. The van der Waals surface area contributed by atoms with Gasteiger partial charge in [-0.1, -0.05) is 29.8 Å². The van der Waals surface area contributed by atoms with E-state index >= 15 is 0 Å². The highest BCUT2D eigenvalue weighted by atomic mass is 35.5. The monoisotopic (exact) mass is 357 g/mol. The molecule has 4 nitrogen and oxygen atoms in total. The molecule has 2 amide bonds. The number of amides is 2. The number of hydrogen-bond acceptors (Lipinski definition) is 2. The van der Waals surface area contributed by atoms with Crippen molar-refractivity contribution in [3.8, 4) is 0 Å². The summed E-state index contributed by atoms with van der Waals surface area (Å²) in [5.41, 5.74) is 3.82. The van der Waals surface area contributed by atoms with Crippen molar-refractivity contribution in [1.82, 2.24) is 5.32 Å². The number of hydrogen-bond donors (Lipinski definition) is 2. The molecule has 5 heteroatoms. The molecule has 2 aromatic rings. The normalized spacial score (nSPS) is 10.7. The molecule has 2 aromatic carbocycles. The Balaban J connectivity index is 1.97. The van der Waals surface area contributed by atoms with Crippen molar-refractivity contribution in [1.29, 1.82) is 0 Å². The number of halogens is 1. The highest BCUT2D eigenvalue weighted by Crippen LogP contribution is 2.22. The Hall–Kier alpha value is -2.46. The predicted molar refractivity (Wildman–Crippen MR) is 107 cm³/mol. The first-order valence-electron chi connectivity index (χ1n) is 8.39. The van der Waals surface area contributed by atoms with Crippen LogP contribution in [0, 0.1) is 6.92 Å². The third kappa shape index (κ3) is 5.26. The molecular weight excluding hydrogens is 334 g/mol. The summed E-state index contributed by atoms with van der Waals surface area (Å²) in [6, 6.07) is 13.2. The number of urea groups is 1. The van der Waals surface area contributed by atoms with Crippen molar-refractivity contribution >= 4 is 35.1 Å². The maximum atomic E-state index is 12.1. The maximum Gasteiger partial charge on any atom is 0.323 e. The van der Waals surface area contributed by atoms with E-state index < -0.39 is 0 Å². The average Bonchev–Trinajstić information content (AvgIpc) is 2.60. The Morgan fingerprint density at radius 2 is 1.88 bits per heavy atom. The minimum absolute atomic E-state index is 0.290. The highest BCUT2D eigenvalue weighted by Gasteiger charge is 2.07. The summed E-state index contributed by atoms with van der Waals surface area (Å²) in [5, 5.41) is 6.20. The smallest absolute Gasteiger partial charge is 0.323 e. The lowest BCUT2D eigenvalue weighted by Gasteiger charge is -2.22. The van der Waals surface area contributed by atoms with Crippen molar-refractivity contribution in [3.63, 3.8) is 0 Å². The van der Waals surface area contributed by atoms with Gasteiger partial charge < -0.3 is 15.5 Å². The zero-order chi connectivity index (χ0) is 18.2. The lowest BCUT2D eigenvalue weighted by molar-refractivity contribution is 0.255. The molecule has 0 atom stereocenters. The zero-order valence-electron chi connectivity index (χ0n) is 14.8. The van der Waals surface area contributed by atoms with Crippen LogP contribution in [0.15, 0.2) is 48.7 Å². The first kappa shape index (κ1) is 18.9. The Labute approximate surface area is 154 Å². The number of nitrogens with one attached hydrogen (secondary N) is 2. The van der Waals surface area contributed by atoms with Gasteiger partial charge in [-0.3, -0.25) is 0 Å². The molecule has 0 saturated heterocycles. The molecule has 132 valence electrons. The predicted octanol–water partition coefficient (Wildman–Crippen LogP) is 5.29. The summed E-state index contributed by atoms with van der Waals surface area (Å²) in [7, 11) is 0. The Kier molecular flexibility index (Phi) is 6.90. The number of carbonyl (C=O) groups excluding carboxylic acids is 1. The quantitative estimate of drug-likeness (QED) is 0.738. The first-order chi connectivity index (χ1) is 12.0. The third-order valence-corrected chi connectivity index (χ3v) is 4.31. The summed E-state index contributed by atoms with van der Waals surface area (Å²) in [4.78, 5) is 14.3. The summed E-state index contributed by atoms with van der Waals surface area (Å²) in [6.45, 7) is 8.15. The van der Waals surface area contributed by atoms with Gasteiger partial charge in [-0.2, -0.15) is 0 Å². The minimum Gasteiger partial charge on any atom is -0.372 e. The lowest BCUT2D eigenvalue weighted by atomic mass is 10.1. The summed E-state index contributed by atoms with van der Waals surface area (Å²) >= 11 is 6.07. The molecule has 0 aromatic heterocycles. The molecule has 2 N–H and O–H groups in total. The second kappa shape index (κ2) is 9.14. The fourth-order valence-electron chi connectivity index (χ4n) is 2.55. The summed E-state index contributed by atoms with van der Waals surface area (Å²) in [5.74, 6) is 0. The average molecular weight is 358 g/mol. The van der Waals surface area contributed by atoms with Crippen molar-refractivity contribution in [3.05, 3.63) is 64.8 Å². The number of nitrogens with zero attached hydrogens (tertiary/aromatic N) is 1. The van der Waals surface area contributed by atoms with Gasteiger partial charge in [0.05, 0.1) is 0 Å². The zero-order valence-corrected chi connectivity index (χ0v) is 15.6. The molecule has 0 aliphatic heterocycles. The Bertz CT molecular complexity index is 754. The molecule has 0 aliphatic rings. The Morgan fingerprint density at radius 3 is 2.52 bits per heavy atom. The summed E-state index contributed by atoms with van der Waals surface area (Å²) < 4.78 is 0. The maximum absolute atomic E-state index is 12.1. The number of benzene rings is 2. The van der Waals surface area contributed by atoms with E-state index in [9.17, 15) is 4.79 Å². The molecule has 0 bridgehead atoms. The van der Waals surface area contributed by atoms with Gasteiger partial charge in [-0.25, -0.2) is 4.79 Å². The topological polar surface area (TPSA) is 44.4 Å². The fraction of sp³-hybridized carbons (Fsp3) is 0.250. The SMILES string of the molecule is CCN(CC)c1ccc(NC(=O)N/C=C/c2ccccc2Cl)c(C)c1. The molecule has 0 fully saturated rings. The van der Waals surface area contributed by atoms with E-state index in [0.717, 1.165) is 35.6 Å². The van der Waals surface area contributed by atoms with Gasteiger partial charge in [0.25, 0.3) is 0 Å². The largest absolute Gasteiger partial charge is 0.372 e. The molecule has 0 saturated carbocycles. The second-order valence-corrected chi connectivity index (χ2v) is 6.03. The van der Waals surface area contributed by atoms with Crippen LogP contribution >= 0.6 is 11.6 Å². The molecule has 0 aliphatic carbocycles. The molecule has 0 radical (unpaired) electrons. The van der Waals surface area contributed by atoms with Crippen molar-refractivity contribution in [2.45, 2.75) is 20.8 Å². The standard InChI is InChI=1S/C20H24ClN3O/c1-4-24(5-2)17-10-11-19(15(3)14-17)23-20(25)22-13-12-16-8-6-7-9-18(16)21/h6-14H,4-5H2,1-3H3,(H2,22,23,25)/b13-12+. The van der Waals surface area contributed by atoms with Gasteiger partial charge in [0.2, 0.25) is 0 Å². The first-order valence-corrected chi connectivity index (χ1v) is 8.77. The van der Waals surface area contributed by atoms with E-state index in [0.29, 0.717) is 5.02 Å². The van der Waals surface area contributed by atoms with Crippen molar-refractivity contribution in [2.75, 3.05) is 23.3 Å². The van der Waals surface area contributed by atoms with Crippen LogP contribution in [0.3, 0.4) is 0 Å². The van der Waals surface area contributed by atoms with E-state index in [-0.39, 0.29) is 6.03 Å². The number of carbonyl (C=O) groups is 1.